The molecule has 0 saturated carbocycles. The van der Waals surface area contributed by atoms with E-state index in [2.05, 4.69) is 0 Å². The molecule has 1 aromatic carbocycles. The van der Waals surface area contributed by atoms with Crippen molar-refractivity contribution in [2.75, 3.05) is 19.7 Å². The maximum absolute atomic E-state index is 13.8. The summed E-state index contributed by atoms with van der Waals surface area (Å²) in [6.45, 7) is -0.363. The van der Waals surface area contributed by atoms with Crippen LogP contribution < -0.4 is 0 Å². The number of benzene rings is 1. The molecule has 1 aliphatic heterocycles. The first-order valence-corrected chi connectivity index (χ1v) is 7.88. The van der Waals surface area contributed by atoms with Crippen LogP contribution in [0.15, 0.2) is 23.1 Å². The molecule has 2 unspecified atom stereocenters. The van der Waals surface area contributed by atoms with E-state index in [0.29, 0.717) is 6.29 Å². The SMILES string of the molecule is O=Cc1ccc(F)c(S(=O)(=O)N2CCC(CO)C(O)C2)c1. The van der Waals surface area contributed by atoms with Crippen LogP contribution in [0.4, 0.5) is 4.39 Å². The van der Waals surface area contributed by atoms with Crippen molar-refractivity contribution in [3.63, 3.8) is 0 Å². The van der Waals surface area contributed by atoms with E-state index in [1.165, 1.54) is 6.07 Å². The maximum atomic E-state index is 13.8. The highest BCUT2D eigenvalue weighted by Crippen LogP contribution is 2.26. The fourth-order valence-corrected chi connectivity index (χ4v) is 3.88. The van der Waals surface area contributed by atoms with Crippen molar-refractivity contribution in [3.05, 3.63) is 29.6 Å². The lowest BCUT2D eigenvalue weighted by atomic mass is 9.96. The van der Waals surface area contributed by atoms with Crippen LogP contribution in [0.1, 0.15) is 16.8 Å². The van der Waals surface area contributed by atoms with Crippen molar-refractivity contribution >= 4 is 16.3 Å². The first-order chi connectivity index (χ1) is 9.90. The number of carbonyl (C=O) groups is 1. The van der Waals surface area contributed by atoms with E-state index >= 15 is 0 Å². The van der Waals surface area contributed by atoms with E-state index in [0.717, 1.165) is 16.4 Å². The first kappa shape index (κ1) is 16.0. The first-order valence-electron chi connectivity index (χ1n) is 6.44. The van der Waals surface area contributed by atoms with Crippen LogP contribution in [0.2, 0.25) is 0 Å². The summed E-state index contributed by atoms with van der Waals surface area (Å²) in [5, 5.41) is 18.9. The number of aldehydes is 1. The molecule has 1 fully saturated rings. The molecule has 6 nitrogen and oxygen atoms in total. The molecule has 2 N–H and O–H groups in total. The predicted molar refractivity (Wildman–Crippen MR) is 71.7 cm³/mol. The van der Waals surface area contributed by atoms with Gasteiger partial charge in [-0.05, 0) is 24.6 Å². The minimum Gasteiger partial charge on any atom is -0.396 e. The molecule has 116 valence electrons. The fourth-order valence-electron chi connectivity index (χ4n) is 2.31. The van der Waals surface area contributed by atoms with Gasteiger partial charge >= 0.3 is 0 Å². The molecular weight excluding hydrogens is 301 g/mol. The molecule has 0 aromatic heterocycles. The molecule has 0 spiro atoms. The van der Waals surface area contributed by atoms with Gasteiger partial charge in [-0.2, -0.15) is 4.31 Å². The maximum Gasteiger partial charge on any atom is 0.246 e. The molecule has 8 heteroatoms. The zero-order valence-electron chi connectivity index (χ0n) is 11.1. The number of halogens is 1. The van der Waals surface area contributed by atoms with Gasteiger partial charge in [0.15, 0.2) is 0 Å². The third kappa shape index (κ3) is 3.13. The summed E-state index contributed by atoms with van der Waals surface area (Å²) in [6.07, 6.45) is -0.284. The third-order valence-corrected chi connectivity index (χ3v) is 5.51. The van der Waals surface area contributed by atoms with Gasteiger partial charge in [-0.1, -0.05) is 0 Å². The number of carbonyl (C=O) groups excluding carboxylic acids is 1. The minimum atomic E-state index is -4.13. The molecule has 0 radical (unpaired) electrons. The normalized spacial score (nSPS) is 24.0. The highest BCUT2D eigenvalue weighted by molar-refractivity contribution is 7.89. The van der Waals surface area contributed by atoms with Gasteiger partial charge in [0, 0.05) is 31.2 Å². The number of piperidine rings is 1. The summed E-state index contributed by atoms with van der Waals surface area (Å²) in [4.78, 5) is 10.1. The smallest absolute Gasteiger partial charge is 0.246 e. The van der Waals surface area contributed by atoms with Crippen LogP contribution in [0, 0.1) is 11.7 Å². The molecule has 2 atom stereocenters. The topological polar surface area (TPSA) is 94.9 Å². The molecule has 0 bridgehead atoms. The number of β-amino-alcohol motifs (C(OH)–C–C–N with tert-alkyl or cyclic N) is 1. The zero-order valence-corrected chi connectivity index (χ0v) is 12.0. The number of aliphatic hydroxyl groups is 2. The van der Waals surface area contributed by atoms with Gasteiger partial charge in [0.05, 0.1) is 6.10 Å². The lowest BCUT2D eigenvalue weighted by molar-refractivity contribution is 0.0221. The number of hydrogen-bond donors (Lipinski definition) is 2. The predicted octanol–water partition coefficient (Wildman–Crippen LogP) is 0.00200. The molecule has 1 heterocycles. The van der Waals surface area contributed by atoms with E-state index in [-0.39, 0.29) is 37.6 Å². The lowest BCUT2D eigenvalue weighted by Crippen LogP contribution is -2.47. The van der Waals surface area contributed by atoms with Gasteiger partial charge in [0.2, 0.25) is 10.0 Å². The van der Waals surface area contributed by atoms with Crippen molar-refractivity contribution < 1.29 is 27.8 Å². The van der Waals surface area contributed by atoms with E-state index < -0.39 is 26.8 Å². The number of aliphatic hydroxyl groups excluding tert-OH is 2. The second kappa shape index (κ2) is 6.18. The average Bonchev–Trinajstić information content (AvgIpc) is 2.47. The van der Waals surface area contributed by atoms with Crippen LogP contribution in [0.3, 0.4) is 0 Å². The number of hydrogen-bond acceptors (Lipinski definition) is 5. The largest absolute Gasteiger partial charge is 0.396 e. The average molecular weight is 317 g/mol. The lowest BCUT2D eigenvalue weighted by Gasteiger charge is -2.34. The van der Waals surface area contributed by atoms with Crippen molar-refractivity contribution in [3.8, 4) is 0 Å². The second-order valence-electron chi connectivity index (χ2n) is 4.97. The van der Waals surface area contributed by atoms with Crippen LogP contribution in [0.25, 0.3) is 0 Å². The Morgan fingerprint density at radius 3 is 2.71 bits per heavy atom. The standard InChI is InChI=1S/C13H16FNO5S/c14-11-2-1-9(7-16)5-13(11)21(19,20)15-4-3-10(8-17)12(18)6-15/h1-2,5,7,10,12,17-18H,3-4,6,8H2. The number of rotatable bonds is 4. The summed E-state index contributed by atoms with van der Waals surface area (Å²) in [7, 11) is -4.13. The molecule has 0 aliphatic carbocycles. The van der Waals surface area contributed by atoms with E-state index in [4.69, 9.17) is 5.11 Å². The molecular formula is C13H16FNO5S. The minimum absolute atomic E-state index is 0.0563. The molecule has 0 amide bonds. The Morgan fingerprint density at radius 1 is 1.43 bits per heavy atom. The monoisotopic (exact) mass is 317 g/mol. The van der Waals surface area contributed by atoms with Gasteiger partial charge in [0.1, 0.15) is 17.0 Å². The molecule has 1 aliphatic rings. The van der Waals surface area contributed by atoms with Crippen LogP contribution in [-0.2, 0) is 10.0 Å². The van der Waals surface area contributed by atoms with Gasteiger partial charge in [-0.15, -0.1) is 0 Å². The highest BCUT2D eigenvalue weighted by atomic mass is 32.2. The zero-order chi connectivity index (χ0) is 15.6. The number of sulfonamides is 1. The van der Waals surface area contributed by atoms with E-state index in [1.54, 1.807) is 0 Å². The van der Waals surface area contributed by atoms with E-state index in [1.807, 2.05) is 0 Å². The summed E-state index contributed by atoms with van der Waals surface area (Å²) in [5.74, 6) is -1.33. The highest BCUT2D eigenvalue weighted by Gasteiger charge is 2.35. The Labute approximate surface area is 121 Å². The Morgan fingerprint density at radius 2 is 2.14 bits per heavy atom. The van der Waals surface area contributed by atoms with Crippen molar-refractivity contribution in [2.24, 2.45) is 5.92 Å². The van der Waals surface area contributed by atoms with Gasteiger partial charge in [-0.3, -0.25) is 4.79 Å². The Hall–Kier alpha value is -1.35. The van der Waals surface area contributed by atoms with Crippen LogP contribution in [0.5, 0.6) is 0 Å². The summed E-state index contributed by atoms with van der Waals surface area (Å²) in [6, 6.07) is 3.09. The third-order valence-electron chi connectivity index (χ3n) is 3.63. The quantitative estimate of drug-likeness (QED) is 0.762. The van der Waals surface area contributed by atoms with Crippen molar-refractivity contribution in [1.29, 1.82) is 0 Å². The Kier molecular flexibility index (Phi) is 4.72. The second-order valence-corrected chi connectivity index (χ2v) is 6.88. The molecule has 21 heavy (non-hydrogen) atoms. The summed E-state index contributed by atoms with van der Waals surface area (Å²) >= 11 is 0. The van der Waals surface area contributed by atoms with Gasteiger partial charge in [-0.25, -0.2) is 12.8 Å². The summed E-state index contributed by atoms with van der Waals surface area (Å²) in [5.41, 5.74) is 0.0563. The molecule has 1 saturated heterocycles. The number of nitrogens with zero attached hydrogens (tertiary/aromatic N) is 1. The summed E-state index contributed by atoms with van der Waals surface area (Å²) < 4.78 is 39.6. The van der Waals surface area contributed by atoms with Crippen LogP contribution >= 0.6 is 0 Å². The van der Waals surface area contributed by atoms with E-state index in [9.17, 15) is 22.7 Å². The Bertz CT molecular complexity index is 633. The van der Waals surface area contributed by atoms with Gasteiger partial charge in [0.25, 0.3) is 0 Å². The molecule has 1 aromatic rings. The van der Waals surface area contributed by atoms with Crippen molar-refractivity contribution in [1.82, 2.24) is 4.31 Å². The van der Waals surface area contributed by atoms with Crippen molar-refractivity contribution in [2.45, 2.75) is 17.4 Å². The fraction of sp³-hybridized carbons (Fsp3) is 0.462. The van der Waals surface area contributed by atoms with Crippen LogP contribution in [-0.4, -0.2) is 55.0 Å². The van der Waals surface area contributed by atoms with Gasteiger partial charge < -0.3 is 10.2 Å². The molecule has 2 rings (SSSR count). The Balaban J connectivity index is 2.33.